The quantitative estimate of drug-likeness (QED) is 0.599. The number of aromatic nitrogens is 1. The Morgan fingerprint density at radius 3 is 2.83 bits per heavy atom. The van der Waals surface area contributed by atoms with Gasteiger partial charge in [0.1, 0.15) is 11.8 Å². The van der Waals surface area contributed by atoms with Crippen LogP contribution < -0.4 is 14.9 Å². The molecule has 0 aliphatic carbocycles. The predicted molar refractivity (Wildman–Crippen MR) is 111 cm³/mol. The number of carbonyl (C=O) groups is 1. The van der Waals surface area contributed by atoms with E-state index in [4.69, 9.17) is 20.8 Å². The molecule has 0 bridgehead atoms. The summed E-state index contributed by atoms with van der Waals surface area (Å²) in [5.41, 5.74) is 1.16. The molecule has 29 heavy (non-hydrogen) atoms. The van der Waals surface area contributed by atoms with Crippen molar-refractivity contribution in [3.05, 3.63) is 90.0 Å². The summed E-state index contributed by atoms with van der Waals surface area (Å²) >= 11 is 7.69. The van der Waals surface area contributed by atoms with Crippen LogP contribution in [0.25, 0.3) is 6.08 Å². The van der Waals surface area contributed by atoms with Gasteiger partial charge < -0.3 is 9.15 Å². The second-order valence-corrected chi connectivity index (χ2v) is 7.76. The number of ether oxygens (including phenoxy) is 1. The highest BCUT2D eigenvalue weighted by Gasteiger charge is 2.34. The Labute approximate surface area is 175 Å². The number of rotatable bonds is 4. The summed E-state index contributed by atoms with van der Waals surface area (Å²) in [6.45, 7) is 3.68. The van der Waals surface area contributed by atoms with E-state index in [-0.39, 0.29) is 12.2 Å². The number of thiazole rings is 1. The van der Waals surface area contributed by atoms with Gasteiger partial charge in [-0.2, -0.15) is 0 Å². The minimum Gasteiger partial charge on any atom is -0.465 e. The van der Waals surface area contributed by atoms with Crippen LogP contribution in [0.2, 0.25) is 5.02 Å². The van der Waals surface area contributed by atoms with Crippen LogP contribution in [0.15, 0.2) is 68.1 Å². The first-order valence-electron chi connectivity index (χ1n) is 8.99. The molecule has 0 radical (unpaired) electrons. The molecule has 0 unspecified atom stereocenters. The lowest BCUT2D eigenvalue weighted by molar-refractivity contribution is -0.139. The third kappa shape index (κ3) is 3.47. The molecule has 0 spiro atoms. The first-order valence-corrected chi connectivity index (χ1v) is 10.2. The van der Waals surface area contributed by atoms with E-state index in [2.05, 4.69) is 4.99 Å². The number of fused-ring (bicyclic) bond motifs is 1. The average Bonchev–Trinajstić information content (AvgIpc) is 3.30. The summed E-state index contributed by atoms with van der Waals surface area (Å²) in [4.78, 5) is 31.1. The Morgan fingerprint density at radius 1 is 1.34 bits per heavy atom. The van der Waals surface area contributed by atoms with Gasteiger partial charge in [-0.3, -0.25) is 9.36 Å². The second kappa shape index (κ2) is 7.85. The number of hydrogen-bond donors (Lipinski definition) is 0. The van der Waals surface area contributed by atoms with Crippen molar-refractivity contribution in [2.45, 2.75) is 19.9 Å². The van der Waals surface area contributed by atoms with E-state index >= 15 is 0 Å². The van der Waals surface area contributed by atoms with Crippen molar-refractivity contribution in [2.75, 3.05) is 6.61 Å². The highest BCUT2D eigenvalue weighted by Crippen LogP contribution is 2.34. The number of hydrogen-bond acceptors (Lipinski definition) is 6. The summed E-state index contributed by atoms with van der Waals surface area (Å²) < 4.78 is 12.5. The normalized spacial score (nSPS) is 16.5. The molecule has 2 aromatic heterocycles. The first-order chi connectivity index (χ1) is 14.0. The molecule has 0 N–H and O–H groups in total. The number of esters is 1. The van der Waals surface area contributed by atoms with Gasteiger partial charge in [0, 0.05) is 11.1 Å². The first kappa shape index (κ1) is 19.4. The van der Waals surface area contributed by atoms with Gasteiger partial charge in [0.05, 0.1) is 28.7 Å². The minimum atomic E-state index is -0.724. The molecule has 1 aliphatic heterocycles. The number of nitrogens with zero attached hydrogens (tertiary/aromatic N) is 2. The molecule has 8 heteroatoms. The minimum absolute atomic E-state index is 0.216. The Kier molecular flexibility index (Phi) is 5.25. The van der Waals surface area contributed by atoms with Crippen molar-refractivity contribution in [1.82, 2.24) is 4.57 Å². The zero-order valence-corrected chi connectivity index (χ0v) is 17.3. The highest BCUT2D eigenvalue weighted by atomic mass is 35.5. The van der Waals surface area contributed by atoms with Gasteiger partial charge in [0.15, 0.2) is 4.80 Å². The van der Waals surface area contributed by atoms with Crippen LogP contribution in [0, 0.1) is 0 Å². The molecule has 1 aromatic carbocycles. The van der Waals surface area contributed by atoms with Crippen molar-refractivity contribution in [3.8, 4) is 0 Å². The summed E-state index contributed by atoms with van der Waals surface area (Å²) in [5.74, 6) is 0.0462. The fourth-order valence-electron chi connectivity index (χ4n) is 3.29. The summed E-state index contributed by atoms with van der Waals surface area (Å²) in [5, 5.41) is 0.453. The number of benzene rings is 1. The van der Waals surface area contributed by atoms with Crippen molar-refractivity contribution < 1.29 is 13.9 Å². The third-order valence-electron chi connectivity index (χ3n) is 4.53. The van der Waals surface area contributed by atoms with E-state index in [0.29, 0.717) is 37.0 Å². The SMILES string of the molecule is CCOC(=O)C1=C(C)N=c2s/c(=C/c3ccco3)c(=O)n2[C@H]1c1ccccc1Cl. The van der Waals surface area contributed by atoms with Crippen LogP contribution in [-0.2, 0) is 9.53 Å². The summed E-state index contributed by atoms with van der Waals surface area (Å²) in [6, 6.07) is 9.93. The number of carbonyl (C=O) groups excluding carboxylic acids is 1. The smallest absolute Gasteiger partial charge is 0.338 e. The lowest BCUT2D eigenvalue weighted by Crippen LogP contribution is -2.40. The van der Waals surface area contributed by atoms with E-state index in [1.807, 2.05) is 6.07 Å². The van der Waals surface area contributed by atoms with Gasteiger partial charge >= 0.3 is 5.97 Å². The van der Waals surface area contributed by atoms with Crippen LogP contribution in [0.5, 0.6) is 0 Å². The fraction of sp³-hybridized carbons (Fsp3) is 0.190. The molecular weight excluding hydrogens is 412 g/mol. The number of allylic oxidation sites excluding steroid dienone is 1. The fourth-order valence-corrected chi connectivity index (χ4v) is 4.55. The van der Waals surface area contributed by atoms with Crippen molar-refractivity contribution in [2.24, 2.45) is 4.99 Å². The van der Waals surface area contributed by atoms with Crippen molar-refractivity contribution in [1.29, 1.82) is 0 Å². The zero-order valence-electron chi connectivity index (χ0n) is 15.7. The van der Waals surface area contributed by atoms with Gasteiger partial charge in [-0.05, 0) is 37.6 Å². The molecule has 1 atom stereocenters. The van der Waals surface area contributed by atoms with Crippen molar-refractivity contribution in [3.63, 3.8) is 0 Å². The zero-order chi connectivity index (χ0) is 20.5. The number of halogens is 1. The molecule has 0 fully saturated rings. The van der Waals surface area contributed by atoms with Gasteiger partial charge in [0.2, 0.25) is 0 Å². The largest absolute Gasteiger partial charge is 0.465 e. The van der Waals surface area contributed by atoms with E-state index in [0.717, 1.165) is 0 Å². The van der Waals surface area contributed by atoms with E-state index in [1.165, 1.54) is 15.9 Å². The summed E-state index contributed by atoms with van der Waals surface area (Å²) in [7, 11) is 0. The standard InChI is InChI=1S/C21H17ClN2O4S/c1-3-27-20(26)17-12(2)23-21-24(18(17)14-8-4-5-9-15(14)22)19(25)16(29-21)11-13-7-6-10-28-13/h4-11,18H,3H2,1-2H3/b16-11+/t18-/m0/s1. The second-order valence-electron chi connectivity index (χ2n) is 6.34. The van der Waals surface area contributed by atoms with E-state index < -0.39 is 12.0 Å². The maximum absolute atomic E-state index is 13.3. The van der Waals surface area contributed by atoms with Crippen molar-refractivity contribution >= 4 is 35.0 Å². The maximum atomic E-state index is 13.3. The predicted octanol–water partition coefficient (Wildman–Crippen LogP) is 3.04. The maximum Gasteiger partial charge on any atom is 0.338 e. The Bertz CT molecular complexity index is 1280. The van der Waals surface area contributed by atoms with Crippen LogP contribution in [0.1, 0.15) is 31.2 Å². The van der Waals surface area contributed by atoms with Crippen LogP contribution in [0.4, 0.5) is 0 Å². The number of furan rings is 1. The molecule has 6 nitrogen and oxygen atoms in total. The van der Waals surface area contributed by atoms with Gasteiger partial charge in [-0.15, -0.1) is 0 Å². The average molecular weight is 429 g/mol. The molecule has 0 saturated heterocycles. The Morgan fingerprint density at radius 2 is 2.14 bits per heavy atom. The van der Waals surface area contributed by atoms with Crippen LogP contribution in [0.3, 0.4) is 0 Å². The van der Waals surface area contributed by atoms with Gasteiger partial charge in [-0.25, -0.2) is 9.79 Å². The lowest BCUT2D eigenvalue weighted by Gasteiger charge is -2.25. The topological polar surface area (TPSA) is 73.8 Å². The van der Waals surface area contributed by atoms with E-state index in [9.17, 15) is 9.59 Å². The Hall–Kier alpha value is -2.90. The molecule has 4 rings (SSSR count). The lowest BCUT2D eigenvalue weighted by atomic mass is 9.96. The van der Waals surface area contributed by atoms with Gasteiger partial charge in [0.25, 0.3) is 5.56 Å². The van der Waals surface area contributed by atoms with Crippen LogP contribution in [-0.4, -0.2) is 17.1 Å². The van der Waals surface area contributed by atoms with Crippen LogP contribution >= 0.6 is 22.9 Å². The molecular formula is C21H17ClN2O4S. The molecule has 0 amide bonds. The molecule has 1 aliphatic rings. The monoisotopic (exact) mass is 428 g/mol. The molecule has 148 valence electrons. The third-order valence-corrected chi connectivity index (χ3v) is 5.86. The molecule has 3 heterocycles. The van der Waals surface area contributed by atoms with E-state index in [1.54, 1.807) is 56.5 Å². The summed E-state index contributed by atoms with van der Waals surface area (Å²) in [6.07, 6.45) is 3.20. The highest BCUT2D eigenvalue weighted by molar-refractivity contribution is 7.07. The van der Waals surface area contributed by atoms with Gasteiger partial charge in [-0.1, -0.05) is 41.1 Å². The Balaban J connectivity index is 2.00. The molecule has 0 saturated carbocycles. The molecule has 3 aromatic rings.